The number of allylic oxidation sites excluding steroid dienone is 1. The molecule has 2 heterocycles. The van der Waals surface area contributed by atoms with Crippen molar-refractivity contribution in [2.24, 2.45) is 0 Å². The van der Waals surface area contributed by atoms with Crippen LogP contribution in [0.25, 0.3) is 33.4 Å². The van der Waals surface area contributed by atoms with Crippen LogP contribution in [-0.4, -0.2) is 25.2 Å². The number of H-pyrrole nitrogens is 1. The molecule has 6 heteroatoms. The molecule has 176 valence electrons. The first-order valence-electron chi connectivity index (χ1n) is 11.9. The summed E-state index contributed by atoms with van der Waals surface area (Å²) in [5, 5.41) is 15.5. The Balaban J connectivity index is 1.36. The van der Waals surface area contributed by atoms with Gasteiger partial charge < -0.3 is 9.30 Å². The number of nitrogens with zero attached hydrogens (tertiary/aromatic N) is 4. The van der Waals surface area contributed by atoms with Crippen molar-refractivity contribution < 1.29 is 4.74 Å². The minimum absolute atomic E-state index is 0.517. The Bertz CT molecular complexity index is 1450. The van der Waals surface area contributed by atoms with E-state index >= 15 is 0 Å². The Morgan fingerprint density at radius 2 is 1.83 bits per heavy atom. The van der Waals surface area contributed by atoms with Gasteiger partial charge in [-0.2, -0.15) is 5.21 Å². The molecule has 0 saturated carbocycles. The average molecular weight is 464 g/mol. The van der Waals surface area contributed by atoms with E-state index in [1.807, 2.05) is 12.1 Å². The average Bonchev–Trinajstić information content (AvgIpc) is 3.55. The predicted octanol–water partition coefficient (Wildman–Crippen LogP) is 6.60. The zero-order chi connectivity index (χ0) is 24.2. The van der Waals surface area contributed by atoms with E-state index in [2.05, 4.69) is 106 Å². The van der Waals surface area contributed by atoms with Crippen LogP contribution in [0.1, 0.15) is 31.4 Å². The van der Waals surface area contributed by atoms with Crippen molar-refractivity contribution in [1.82, 2.24) is 25.2 Å². The highest BCUT2D eigenvalue weighted by Crippen LogP contribution is 2.31. The Hall–Kier alpha value is -4.19. The molecule has 0 bridgehead atoms. The maximum absolute atomic E-state index is 6.38. The third kappa shape index (κ3) is 4.87. The van der Waals surface area contributed by atoms with Crippen LogP contribution in [0.3, 0.4) is 0 Å². The quantitative estimate of drug-likeness (QED) is 0.250. The van der Waals surface area contributed by atoms with Crippen LogP contribution >= 0.6 is 0 Å². The molecule has 0 aliphatic carbocycles. The van der Waals surface area contributed by atoms with Crippen molar-refractivity contribution >= 4 is 10.9 Å². The van der Waals surface area contributed by atoms with Gasteiger partial charge in [0, 0.05) is 34.8 Å². The Labute approximate surface area is 205 Å². The van der Waals surface area contributed by atoms with Crippen molar-refractivity contribution in [3.05, 3.63) is 96.2 Å². The molecule has 0 saturated heterocycles. The number of aromatic nitrogens is 5. The largest absolute Gasteiger partial charge is 0.489 e. The van der Waals surface area contributed by atoms with Crippen molar-refractivity contribution in [2.75, 3.05) is 0 Å². The molecule has 0 spiro atoms. The third-order valence-corrected chi connectivity index (χ3v) is 6.11. The van der Waals surface area contributed by atoms with Crippen LogP contribution < -0.4 is 4.74 Å². The number of hydrogen-bond donors (Lipinski definition) is 1. The molecule has 0 unspecified atom stereocenters. The van der Waals surface area contributed by atoms with Gasteiger partial charge in [0.2, 0.25) is 5.82 Å². The molecule has 2 aromatic heterocycles. The molecule has 0 aliphatic heterocycles. The van der Waals surface area contributed by atoms with Gasteiger partial charge in [0.15, 0.2) is 0 Å². The Morgan fingerprint density at radius 1 is 1.00 bits per heavy atom. The van der Waals surface area contributed by atoms with Crippen LogP contribution in [0.4, 0.5) is 0 Å². The second-order valence-corrected chi connectivity index (χ2v) is 8.93. The van der Waals surface area contributed by atoms with Gasteiger partial charge >= 0.3 is 0 Å². The minimum atomic E-state index is 0.517. The molecule has 0 amide bonds. The molecule has 0 aliphatic rings. The third-order valence-electron chi connectivity index (χ3n) is 6.11. The fourth-order valence-corrected chi connectivity index (χ4v) is 4.48. The van der Waals surface area contributed by atoms with Gasteiger partial charge in [0.25, 0.3) is 0 Å². The molecule has 3 aromatic carbocycles. The lowest BCUT2D eigenvalue weighted by molar-refractivity contribution is 0.303. The minimum Gasteiger partial charge on any atom is -0.489 e. The number of nitrogens with one attached hydrogen (secondary N) is 1. The van der Waals surface area contributed by atoms with Crippen LogP contribution in [0.2, 0.25) is 0 Å². The highest BCUT2D eigenvalue weighted by Gasteiger charge is 2.12. The maximum atomic E-state index is 6.38. The Kier molecular flexibility index (Phi) is 6.44. The van der Waals surface area contributed by atoms with Crippen LogP contribution in [0, 0.1) is 0 Å². The predicted molar refractivity (Wildman–Crippen MR) is 140 cm³/mol. The lowest BCUT2D eigenvalue weighted by Gasteiger charge is -2.14. The summed E-state index contributed by atoms with van der Waals surface area (Å²) in [5.41, 5.74) is 7.99. The van der Waals surface area contributed by atoms with Crippen molar-refractivity contribution in [3.8, 4) is 28.3 Å². The number of tetrazole rings is 1. The first kappa shape index (κ1) is 22.6. The topological polar surface area (TPSA) is 68.6 Å². The number of rotatable bonds is 9. The summed E-state index contributed by atoms with van der Waals surface area (Å²) in [6, 6.07) is 23.1. The number of hydrogen-bond acceptors (Lipinski definition) is 4. The van der Waals surface area contributed by atoms with E-state index in [1.54, 1.807) is 0 Å². The van der Waals surface area contributed by atoms with Gasteiger partial charge in [-0.1, -0.05) is 68.0 Å². The molecule has 35 heavy (non-hydrogen) atoms. The summed E-state index contributed by atoms with van der Waals surface area (Å²) >= 11 is 0. The lowest BCUT2D eigenvalue weighted by atomic mass is 10.0. The molecule has 6 nitrogen and oxygen atoms in total. The first-order valence-corrected chi connectivity index (χ1v) is 11.9. The highest BCUT2D eigenvalue weighted by molar-refractivity contribution is 5.86. The van der Waals surface area contributed by atoms with Gasteiger partial charge in [-0.05, 0) is 59.5 Å². The molecular formula is C29H29N5O. The van der Waals surface area contributed by atoms with E-state index in [0.29, 0.717) is 12.4 Å². The molecule has 0 atom stereocenters. The summed E-state index contributed by atoms with van der Waals surface area (Å²) in [4.78, 5) is 0. The zero-order valence-electron chi connectivity index (χ0n) is 20.2. The van der Waals surface area contributed by atoms with E-state index in [9.17, 15) is 0 Å². The van der Waals surface area contributed by atoms with Crippen molar-refractivity contribution in [3.63, 3.8) is 0 Å². The SMILES string of the molecule is C=C(C)Cn1ccc2c(CCC)c(OCc3cccc(-c4ccc(-c5nn[nH]n5)cc4)c3)ccc21. The Morgan fingerprint density at radius 3 is 2.57 bits per heavy atom. The molecule has 1 N–H and O–H groups in total. The van der Waals surface area contributed by atoms with Crippen molar-refractivity contribution in [2.45, 2.75) is 39.8 Å². The second kappa shape index (κ2) is 9.97. The van der Waals surface area contributed by atoms with Gasteiger partial charge in [0.05, 0.1) is 0 Å². The zero-order valence-corrected chi connectivity index (χ0v) is 20.2. The van der Waals surface area contributed by atoms with E-state index in [0.717, 1.165) is 53.0 Å². The summed E-state index contributed by atoms with van der Waals surface area (Å²) in [5.74, 6) is 1.55. The van der Waals surface area contributed by atoms with Gasteiger partial charge in [-0.15, -0.1) is 10.2 Å². The van der Waals surface area contributed by atoms with E-state index in [-0.39, 0.29) is 0 Å². The molecule has 0 fully saturated rings. The van der Waals surface area contributed by atoms with E-state index in [1.165, 1.54) is 16.5 Å². The molecule has 5 aromatic rings. The number of aromatic amines is 1. The molecular weight excluding hydrogens is 434 g/mol. The van der Waals surface area contributed by atoms with Gasteiger partial charge in [0.1, 0.15) is 12.4 Å². The second-order valence-electron chi connectivity index (χ2n) is 8.93. The monoisotopic (exact) mass is 463 g/mol. The molecule has 0 radical (unpaired) electrons. The number of aryl methyl sites for hydroxylation is 1. The smallest absolute Gasteiger partial charge is 0.204 e. The van der Waals surface area contributed by atoms with E-state index in [4.69, 9.17) is 4.74 Å². The highest BCUT2D eigenvalue weighted by atomic mass is 16.5. The standard InChI is InChI=1S/C29H29N5O/c1-4-6-26-25-15-16-34(18-20(2)3)27(25)13-14-28(26)35-19-21-7-5-8-24(17-21)22-9-11-23(12-10-22)29-30-32-33-31-29/h5,7-17H,2,4,6,18-19H2,1,3H3,(H,30,31,32,33). The number of fused-ring (bicyclic) bond motifs is 1. The fraction of sp³-hybridized carbons (Fsp3) is 0.207. The summed E-state index contributed by atoms with van der Waals surface area (Å²) in [6.07, 6.45) is 4.20. The summed E-state index contributed by atoms with van der Waals surface area (Å²) in [6.45, 7) is 9.69. The first-order chi connectivity index (χ1) is 17.1. The maximum Gasteiger partial charge on any atom is 0.204 e. The number of benzene rings is 3. The van der Waals surface area contributed by atoms with E-state index < -0.39 is 0 Å². The number of ether oxygens (including phenoxy) is 1. The normalized spacial score (nSPS) is 11.1. The van der Waals surface area contributed by atoms with Crippen LogP contribution in [-0.2, 0) is 19.6 Å². The lowest BCUT2D eigenvalue weighted by Crippen LogP contribution is -2.01. The molecule has 5 rings (SSSR count). The summed E-state index contributed by atoms with van der Waals surface area (Å²) < 4.78 is 8.64. The van der Waals surface area contributed by atoms with Gasteiger partial charge in [-0.25, -0.2) is 0 Å². The van der Waals surface area contributed by atoms with Crippen LogP contribution in [0.5, 0.6) is 5.75 Å². The summed E-state index contributed by atoms with van der Waals surface area (Å²) in [7, 11) is 0. The van der Waals surface area contributed by atoms with Crippen LogP contribution in [0.15, 0.2) is 85.1 Å². The van der Waals surface area contributed by atoms with Crippen molar-refractivity contribution in [1.29, 1.82) is 0 Å². The fourth-order valence-electron chi connectivity index (χ4n) is 4.48. The van der Waals surface area contributed by atoms with Gasteiger partial charge in [-0.3, -0.25) is 0 Å².